The Morgan fingerprint density at radius 3 is 2.00 bits per heavy atom. The number of amides is 1. The summed E-state index contributed by atoms with van der Waals surface area (Å²) in [5, 5.41) is 22.6. The van der Waals surface area contributed by atoms with Crippen molar-refractivity contribution in [3.63, 3.8) is 0 Å². The number of nitrogens with zero attached hydrogens (tertiary/aromatic N) is 1. The molecule has 0 bridgehead atoms. The zero-order chi connectivity index (χ0) is 27.3. The Morgan fingerprint density at radius 2 is 1.57 bits per heavy atom. The first-order valence-corrected chi connectivity index (χ1v) is 12.4. The van der Waals surface area contributed by atoms with E-state index in [4.69, 9.17) is 0 Å². The maximum atomic E-state index is 13.2. The number of carbonyl (C=O) groups excluding carboxylic acids is 1. The van der Waals surface area contributed by atoms with Crippen molar-refractivity contribution in [3.05, 3.63) is 58.1 Å². The number of non-ortho nitro benzene ring substituents is 1. The van der Waals surface area contributed by atoms with E-state index in [1.165, 1.54) is 0 Å². The number of nitro groups is 1. The highest BCUT2D eigenvalue weighted by Crippen LogP contribution is 3.02. The molecule has 0 radical (unpaired) electrons. The Kier molecular flexibility index (Phi) is 6.26. The molecule has 1 atom stereocenters. The number of hydrogen-bond donors (Lipinski definition) is 2. The Morgan fingerprint density at radius 1 is 1.06 bits per heavy atom. The maximum Gasteiger partial charge on any atom is 0.418 e. The third-order valence-electron chi connectivity index (χ3n) is 4.36. The summed E-state index contributed by atoms with van der Waals surface area (Å²) in [4.78, 5) is 18.5. The lowest BCUT2D eigenvalue weighted by atomic mass is 10.1. The van der Waals surface area contributed by atoms with E-state index < -0.39 is 75.2 Å². The molecule has 196 valence electrons. The van der Waals surface area contributed by atoms with Crippen LogP contribution in [0.2, 0.25) is 0 Å². The number of hydrogen-bond acceptors (Lipinski definition) is 6. The van der Waals surface area contributed by atoms with E-state index in [-0.39, 0.29) is 30.3 Å². The zero-order valence-electron chi connectivity index (χ0n) is 17.0. The predicted molar refractivity (Wildman–Crippen MR) is 107 cm³/mol. The smallest absolute Gasteiger partial charge is 0.379 e. The van der Waals surface area contributed by atoms with E-state index in [0.29, 0.717) is 19.1 Å². The van der Waals surface area contributed by atoms with Crippen molar-refractivity contribution < 1.29 is 55.8 Å². The van der Waals surface area contributed by atoms with Crippen LogP contribution in [0.5, 0.6) is 0 Å². The minimum absolute atomic E-state index is 0.0847. The molecule has 0 saturated heterocycles. The first-order chi connectivity index (χ1) is 15.3. The summed E-state index contributed by atoms with van der Waals surface area (Å²) in [5.41, 5.74) is -6.72. The van der Waals surface area contributed by atoms with Crippen LogP contribution in [0.4, 0.5) is 44.0 Å². The topological polar surface area (TPSA) is 127 Å². The van der Waals surface area contributed by atoms with Gasteiger partial charge in [0.25, 0.3) is 11.6 Å². The SMILES string of the molecule is CC(O)(CS(=O)(=O)c1ccc(S(F)(F)(F)(F)F)cc1)C(=O)Nc1ccc([N+](=O)[O-])cc1C(F)(F)F. The van der Waals surface area contributed by atoms with Gasteiger partial charge in [-0.2, -0.15) is 13.2 Å². The average molecular weight is 558 g/mol. The molecule has 0 aromatic heterocycles. The van der Waals surface area contributed by atoms with Crippen molar-refractivity contribution in [1.82, 2.24) is 0 Å². The van der Waals surface area contributed by atoms with Crippen molar-refractivity contribution in [1.29, 1.82) is 0 Å². The van der Waals surface area contributed by atoms with E-state index >= 15 is 0 Å². The summed E-state index contributed by atoms with van der Waals surface area (Å²) in [7, 11) is -14.9. The number of nitrogens with one attached hydrogen (secondary N) is 1. The second kappa shape index (κ2) is 7.76. The zero-order valence-corrected chi connectivity index (χ0v) is 18.7. The fourth-order valence-electron chi connectivity index (χ4n) is 2.67. The second-order valence-corrected chi connectivity index (χ2v) is 11.8. The van der Waals surface area contributed by atoms with Crippen molar-refractivity contribution in [2.75, 3.05) is 11.1 Å². The molecule has 0 aliphatic heterocycles. The third kappa shape index (κ3) is 6.79. The largest absolute Gasteiger partial charge is 0.418 e. The lowest BCUT2D eigenvalue weighted by Crippen LogP contribution is -2.46. The third-order valence-corrected chi connectivity index (χ3v) is 7.45. The van der Waals surface area contributed by atoms with Gasteiger partial charge in [0.15, 0.2) is 15.4 Å². The number of aliphatic hydroxyl groups is 1. The van der Waals surface area contributed by atoms with Crippen LogP contribution in [0.1, 0.15) is 12.5 Å². The molecule has 2 aromatic carbocycles. The summed E-state index contributed by atoms with van der Waals surface area (Å²) in [6.07, 6.45) is -5.21. The Hall–Kier alpha value is -2.99. The minimum Gasteiger partial charge on any atom is -0.379 e. The number of alkyl halides is 3. The lowest BCUT2D eigenvalue weighted by molar-refractivity contribution is -0.385. The van der Waals surface area contributed by atoms with Gasteiger partial charge in [-0.05, 0) is 37.3 Å². The molecule has 0 spiro atoms. The Labute approximate surface area is 191 Å². The maximum absolute atomic E-state index is 13.2. The normalized spacial score (nSPS) is 16.5. The number of benzene rings is 2. The molecule has 8 nitrogen and oxygen atoms in total. The number of carbonyl (C=O) groups is 1. The summed E-state index contributed by atoms with van der Waals surface area (Å²) in [5.74, 6) is -3.29. The number of anilines is 1. The van der Waals surface area contributed by atoms with Crippen LogP contribution in [-0.2, 0) is 20.8 Å². The molecule has 2 aromatic rings. The van der Waals surface area contributed by atoms with Gasteiger partial charge in [0.1, 0.15) is 4.90 Å². The molecule has 2 rings (SSSR count). The van der Waals surface area contributed by atoms with Gasteiger partial charge in [-0.25, -0.2) is 8.42 Å². The molecule has 0 aliphatic rings. The molecule has 2 N–H and O–H groups in total. The van der Waals surface area contributed by atoms with E-state index in [9.17, 15) is 61.0 Å². The summed E-state index contributed by atoms with van der Waals surface area (Å²) >= 11 is 0. The van der Waals surface area contributed by atoms with Gasteiger partial charge in [0.2, 0.25) is 0 Å². The summed E-state index contributed by atoms with van der Waals surface area (Å²) in [6, 6.07) is 1.06. The van der Waals surface area contributed by atoms with E-state index in [1.807, 2.05) is 0 Å². The molecule has 18 heteroatoms. The lowest BCUT2D eigenvalue weighted by Gasteiger charge is -2.40. The monoisotopic (exact) mass is 558 g/mol. The van der Waals surface area contributed by atoms with Gasteiger partial charge in [0, 0.05) is 12.1 Å². The molecule has 1 unspecified atom stereocenters. The van der Waals surface area contributed by atoms with Crippen LogP contribution < -0.4 is 5.32 Å². The van der Waals surface area contributed by atoms with E-state index in [1.54, 1.807) is 5.32 Å². The fraction of sp³-hybridized carbons (Fsp3) is 0.235. The highest BCUT2D eigenvalue weighted by Gasteiger charge is 2.65. The summed E-state index contributed by atoms with van der Waals surface area (Å²) in [6.45, 7) is 0.557. The molecule has 0 saturated carbocycles. The van der Waals surface area contributed by atoms with Crippen LogP contribution >= 0.6 is 10.2 Å². The average Bonchev–Trinajstić information content (AvgIpc) is 2.64. The van der Waals surface area contributed by atoms with Gasteiger partial charge < -0.3 is 10.4 Å². The number of sulfone groups is 1. The number of nitro benzene ring substituents is 1. The van der Waals surface area contributed by atoms with Gasteiger partial charge in [-0.1, -0.05) is 19.4 Å². The van der Waals surface area contributed by atoms with Gasteiger partial charge in [0.05, 0.1) is 26.8 Å². The highest BCUT2D eigenvalue weighted by atomic mass is 32.5. The van der Waals surface area contributed by atoms with Gasteiger partial charge in [-0.15, -0.1) is 0 Å². The van der Waals surface area contributed by atoms with Crippen molar-refractivity contribution >= 4 is 37.3 Å². The van der Waals surface area contributed by atoms with Crippen molar-refractivity contribution in [2.24, 2.45) is 0 Å². The number of halogens is 8. The Balaban J connectivity index is 2.34. The van der Waals surface area contributed by atoms with E-state index in [0.717, 1.165) is 0 Å². The quantitative estimate of drug-likeness (QED) is 0.265. The van der Waals surface area contributed by atoms with Crippen LogP contribution in [0.3, 0.4) is 0 Å². The highest BCUT2D eigenvalue weighted by molar-refractivity contribution is 8.45. The van der Waals surface area contributed by atoms with Crippen molar-refractivity contribution in [3.8, 4) is 0 Å². The molecule has 35 heavy (non-hydrogen) atoms. The first kappa shape index (κ1) is 28.2. The Bertz CT molecular complexity index is 1290. The van der Waals surface area contributed by atoms with Gasteiger partial charge >= 0.3 is 16.4 Å². The van der Waals surface area contributed by atoms with Crippen LogP contribution in [0, 0.1) is 10.1 Å². The van der Waals surface area contributed by atoms with Crippen LogP contribution in [0.25, 0.3) is 0 Å². The fourth-order valence-corrected chi connectivity index (χ4v) is 4.91. The standard InChI is InChI=1S/C17H14F8N2O6S2/c1-16(29,9-34(32,33)11-3-5-12(6-4-11)35(21,22,23,24)25)15(28)26-14-7-2-10(27(30)31)8-13(14)17(18,19)20/h2-8,29H,9H2,1H3,(H,26,28). The molecule has 1 amide bonds. The van der Waals surface area contributed by atoms with Crippen LogP contribution in [-0.4, -0.2) is 35.7 Å². The molecule has 0 fully saturated rings. The minimum atomic E-state index is -10.1. The predicted octanol–water partition coefficient (Wildman–Crippen LogP) is 5.43. The number of rotatable bonds is 7. The second-order valence-electron chi connectivity index (χ2n) is 7.41. The first-order valence-electron chi connectivity index (χ1n) is 8.80. The molecule has 0 heterocycles. The van der Waals surface area contributed by atoms with Crippen LogP contribution in [0.15, 0.2) is 52.3 Å². The summed E-state index contributed by atoms with van der Waals surface area (Å²) < 4.78 is 128. The van der Waals surface area contributed by atoms with E-state index in [2.05, 4.69) is 0 Å². The van der Waals surface area contributed by atoms with Gasteiger partial charge in [-0.3, -0.25) is 14.9 Å². The van der Waals surface area contributed by atoms with Crippen molar-refractivity contribution in [2.45, 2.75) is 28.5 Å². The molecular formula is C17H14F8N2O6S2. The molecule has 0 aliphatic carbocycles. The molecular weight excluding hydrogens is 544 g/mol.